The second kappa shape index (κ2) is 17.7. The Morgan fingerprint density at radius 3 is 2.02 bits per heavy atom. The van der Waals surface area contributed by atoms with Gasteiger partial charge < -0.3 is 49.0 Å². The van der Waals surface area contributed by atoms with Crippen molar-refractivity contribution >= 4 is 40.5 Å². The highest BCUT2D eigenvalue weighted by molar-refractivity contribution is 5.95. The second-order valence-electron chi connectivity index (χ2n) is 10.3. The number of hydrogen-bond donors (Lipinski definition) is 9. The van der Waals surface area contributed by atoms with Crippen molar-refractivity contribution < 1.29 is 29.1 Å². The van der Waals surface area contributed by atoms with E-state index in [0.717, 1.165) is 10.9 Å². The van der Waals surface area contributed by atoms with E-state index in [9.17, 15) is 29.1 Å². The maximum atomic E-state index is 13.5. The Morgan fingerprint density at radius 2 is 1.38 bits per heavy atom. The lowest BCUT2D eigenvalue weighted by Crippen LogP contribution is -2.57. The molecule has 14 heteroatoms. The largest absolute Gasteiger partial charge is 0.480 e. The molecule has 2 aromatic rings. The highest BCUT2D eigenvalue weighted by Crippen LogP contribution is 2.19. The number of amides is 4. The summed E-state index contributed by atoms with van der Waals surface area (Å²) in [5.74, 6) is -3.96. The van der Waals surface area contributed by atoms with E-state index in [1.165, 1.54) is 0 Å². The van der Waals surface area contributed by atoms with Crippen LogP contribution >= 0.6 is 0 Å². The van der Waals surface area contributed by atoms with E-state index in [0.29, 0.717) is 50.8 Å². The number of benzene rings is 1. The summed E-state index contributed by atoms with van der Waals surface area (Å²) in [5, 5.41) is 18.2. The Bertz CT molecular complexity index is 1200. The van der Waals surface area contributed by atoms with Crippen LogP contribution in [-0.2, 0) is 30.4 Å². The average Bonchev–Trinajstić information content (AvgIpc) is 3.36. The number of aliphatic carboxylic acids is 1. The number of nitrogens with one attached hydrogen (secondary N) is 4. The Kier molecular flexibility index (Phi) is 14.4. The number of carboxylic acid groups (broad SMARTS) is 1. The van der Waals surface area contributed by atoms with E-state index >= 15 is 0 Å². The highest BCUT2D eigenvalue weighted by atomic mass is 16.4. The number of para-hydroxylation sites is 1. The fourth-order valence-corrected chi connectivity index (χ4v) is 4.50. The smallest absolute Gasteiger partial charge is 0.326 e. The molecule has 14 nitrogen and oxygen atoms in total. The van der Waals surface area contributed by atoms with Gasteiger partial charge in [0.1, 0.15) is 18.1 Å². The fraction of sp³-hybridized carbons (Fsp3) is 0.536. The summed E-state index contributed by atoms with van der Waals surface area (Å²) in [6.07, 6.45) is 4.42. The van der Waals surface area contributed by atoms with E-state index in [4.69, 9.17) is 22.9 Å². The number of H-pyrrole nitrogens is 1. The molecule has 0 radical (unpaired) electrons. The van der Waals surface area contributed by atoms with Crippen LogP contribution in [0.2, 0.25) is 0 Å². The monoisotopic (exact) mass is 588 g/mol. The summed E-state index contributed by atoms with van der Waals surface area (Å²) in [6, 6.07) is 2.93. The molecule has 0 aliphatic rings. The summed E-state index contributed by atoms with van der Waals surface area (Å²) >= 11 is 0. The number of nitrogens with two attached hydrogens (primary N) is 4. The number of carboxylic acids is 1. The van der Waals surface area contributed by atoms with Gasteiger partial charge in [0.15, 0.2) is 0 Å². The topological polar surface area (TPSA) is 262 Å². The molecule has 4 amide bonds. The molecule has 13 N–H and O–H groups in total. The van der Waals surface area contributed by atoms with Crippen LogP contribution in [0.1, 0.15) is 56.9 Å². The van der Waals surface area contributed by atoms with Crippen molar-refractivity contribution in [2.24, 2.45) is 22.9 Å². The maximum Gasteiger partial charge on any atom is 0.326 e. The second-order valence-corrected chi connectivity index (χ2v) is 10.3. The van der Waals surface area contributed by atoms with Crippen molar-refractivity contribution in [1.29, 1.82) is 0 Å². The summed E-state index contributed by atoms with van der Waals surface area (Å²) in [6.45, 7) is 0.873. The Balaban J connectivity index is 2.28. The molecule has 232 valence electrons. The molecule has 0 fully saturated rings. The van der Waals surface area contributed by atoms with Crippen molar-refractivity contribution in [3.63, 3.8) is 0 Å². The first-order valence-electron chi connectivity index (χ1n) is 14.2. The minimum atomic E-state index is -1.40. The third-order valence-electron chi connectivity index (χ3n) is 6.91. The molecule has 1 aromatic carbocycles. The highest BCUT2D eigenvalue weighted by Gasteiger charge is 2.31. The first-order valence-corrected chi connectivity index (χ1v) is 14.2. The number of rotatable bonds is 20. The zero-order valence-electron chi connectivity index (χ0n) is 23.8. The fourth-order valence-electron chi connectivity index (χ4n) is 4.50. The van der Waals surface area contributed by atoms with Crippen LogP contribution < -0.4 is 38.9 Å². The summed E-state index contributed by atoms with van der Waals surface area (Å²) in [5.41, 5.74) is 23.8. The molecular weight excluding hydrogens is 544 g/mol. The van der Waals surface area contributed by atoms with Crippen molar-refractivity contribution in [1.82, 2.24) is 20.9 Å². The van der Waals surface area contributed by atoms with E-state index in [-0.39, 0.29) is 25.7 Å². The molecule has 2 rings (SSSR count). The van der Waals surface area contributed by atoms with Crippen molar-refractivity contribution in [3.8, 4) is 0 Å². The summed E-state index contributed by atoms with van der Waals surface area (Å²) in [4.78, 5) is 65.8. The maximum absolute atomic E-state index is 13.5. The van der Waals surface area contributed by atoms with Gasteiger partial charge in [0.05, 0.1) is 6.04 Å². The molecule has 1 heterocycles. The lowest BCUT2D eigenvalue weighted by atomic mass is 10.0. The van der Waals surface area contributed by atoms with E-state index < -0.39 is 53.8 Å². The zero-order chi connectivity index (χ0) is 31.1. The lowest BCUT2D eigenvalue weighted by molar-refractivity contribution is -0.142. The van der Waals surface area contributed by atoms with Gasteiger partial charge in [-0.25, -0.2) is 4.79 Å². The van der Waals surface area contributed by atoms with Crippen molar-refractivity contribution in [2.45, 2.75) is 82.0 Å². The Labute approximate surface area is 244 Å². The molecule has 4 atom stereocenters. The number of aromatic amines is 1. The quantitative estimate of drug-likeness (QED) is 0.0866. The standard InChI is InChI=1S/C28H44N8O6/c29-13-5-3-8-19(31)25(38)34-21(10-4-6-14-30)26(39)36-23(15-17-16-33-20-9-2-1-7-18(17)20)27(40)35-22(28(41)42)11-12-24(32)37/h1-2,7,9,16,19,21-23,33H,3-6,8,10-15,29-31H2,(H2,32,37)(H,34,38)(H,35,40)(H,36,39)(H,41,42). The summed E-state index contributed by atoms with van der Waals surface area (Å²) < 4.78 is 0. The molecule has 0 bridgehead atoms. The number of fused-ring (bicyclic) bond motifs is 1. The SMILES string of the molecule is NCCCCC(N)C(=O)NC(CCCCN)C(=O)NC(Cc1c[nH]c2ccccc12)C(=O)NC(CCC(N)=O)C(=O)O. The molecule has 42 heavy (non-hydrogen) atoms. The molecule has 0 aliphatic heterocycles. The van der Waals surface area contributed by atoms with Crippen LogP contribution in [0.15, 0.2) is 30.5 Å². The molecule has 1 aromatic heterocycles. The van der Waals surface area contributed by atoms with Crippen LogP contribution in [0.4, 0.5) is 0 Å². The third kappa shape index (κ3) is 11.1. The van der Waals surface area contributed by atoms with Gasteiger partial charge in [-0.05, 0) is 63.2 Å². The first kappa shape index (κ1) is 34.2. The number of aromatic nitrogens is 1. The molecule has 0 saturated heterocycles. The first-order chi connectivity index (χ1) is 20.1. The van der Waals surface area contributed by atoms with Gasteiger partial charge in [0.2, 0.25) is 23.6 Å². The number of primary amides is 1. The van der Waals surface area contributed by atoms with Crippen molar-refractivity contribution in [3.05, 3.63) is 36.0 Å². The molecule has 4 unspecified atom stereocenters. The lowest BCUT2D eigenvalue weighted by Gasteiger charge is -2.25. The van der Waals surface area contributed by atoms with Crippen LogP contribution in [0.5, 0.6) is 0 Å². The predicted molar refractivity (Wildman–Crippen MR) is 158 cm³/mol. The number of carbonyl (C=O) groups excluding carboxylic acids is 4. The minimum absolute atomic E-state index is 0.0197. The van der Waals surface area contributed by atoms with Gasteiger partial charge in [-0.15, -0.1) is 0 Å². The molecule has 0 aliphatic carbocycles. The number of unbranched alkanes of at least 4 members (excludes halogenated alkanes) is 2. The van der Waals surface area contributed by atoms with Gasteiger partial charge in [0, 0.05) is 29.9 Å². The predicted octanol–water partition coefficient (Wildman–Crippen LogP) is -0.900. The van der Waals surface area contributed by atoms with E-state index in [1.54, 1.807) is 6.20 Å². The van der Waals surface area contributed by atoms with E-state index in [2.05, 4.69) is 20.9 Å². The van der Waals surface area contributed by atoms with Crippen LogP contribution in [0, 0.1) is 0 Å². The van der Waals surface area contributed by atoms with Crippen LogP contribution in [-0.4, -0.2) is 76.9 Å². The van der Waals surface area contributed by atoms with Crippen molar-refractivity contribution in [2.75, 3.05) is 13.1 Å². The minimum Gasteiger partial charge on any atom is -0.480 e. The van der Waals surface area contributed by atoms with Gasteiger partial charge in [-0.2, -0.15) is 0 Å². The van der Waals surface area contributed by atoms with Crippen LogP contribution in [0.3, 0.4) is 0 Å². The number of carbonyl (C=O) groups is 5. The Hall–Kier alpha value is -4.01. The van der Waals surface area contributed by atoms with Gasteiger partial charge >= 0.3 is 5.97 Å². The zero-order valence-corrected chi connectivity index (χ0v) is 23.8. The average molecular weight is 589 g/mol. The van der Waals surface area contributed by atoms with Gasteiger partial charge in [0.25, 0.3) is 0 Å². The van der Waals surface area contributed by atoms with Gasteiger partial charge in [-0.3, -0.25) is 19.2 Å². The van der Waals surface area contributed by atoms with E-state index in [1.807, 2.05) is 24.3 Å². The summed E-state index contributed by atoms with van der Waals surface area (Å²) in [7, 11) is 0. The van der Waals surface area contributed by atoms with Crippen LogP contribution in [0.25, 0.3) is 10.9 Å². The molecule has 0 saturated carbocycles. The third-order valence-corrected chi connectivity index (χ3v) is 6.91. The Morgan fingerprint density at radius 1 is 0.786 bits per heavy atom. The number of hydrogen-bond acceptors (Lipinski definition) is 8. The molecular formula is C28H44N8O6. The normalized spacial score (nSPS) is 14.0. The molecule has 0 spiro atoms. The van der Waals surface area contributed by atoms with Gasteiger partial charge in [-0.1, -0.05) is 24.6 Å².